The van der Waals surface area contributed by atoms with Gasteiger partial charge in [0.2, 0.25) is 5.89 Å². The van der Waals surface area contributed by atoms with Crippen molar-refractivity contribution in [1.82, 2.24) is 29.8 Å². The number of methoxy groups -OCH3 is 1. The van der Waals surface area contributed by atoms with Crippen molar-refractivity contribution in [2.75, 3.05) is 19.0 Å². The number of anilines is 1. The fourth-order valence-electron chi connectivity index (χ4n) is 3.02. The molecule has 166 valence electrons. The van der Waals surface area contributed by atoms with Crippen molar-refractivity contribution in [3.8, 4) is 16.9 Å². The lowest BCUT2D eigenvalue weighted by molar-refractivity contribution is 0.252. The number of ether oxygens (including phenoxy) is 1. The maximum atomic E-state index is 12.2. The van der Waals surface area contributed by atoms with Crippen LogP contribution in [0.25, 0.3) is 16.8 Å². The van der Waals surface area contributed by atoms with Gasteiger partial charge in [0.05, 0.1) is 19.5 Å². The number of hydrogen-bond acceptors (Lipinski definition) is 7. The molecule has 0 fully saturated rings. The second-order valence-corrected chi connectivity index (χ2v) is 8.32. The average Bonchev–Trinajstić information content (AvgIpc) is 3.39. The highest BCUT2D eigenvalue weighted by Gasteiger charge is 2.21. The summed E-state index contributed by atoms with van der Waals surface area (Å²) in [4.78, 5) is 25.2. The number of imidazole rings is 1. The number of nitrogens with one attached hydrogen (secondary N) is 2. The lowest BCUT2D eigenvalue weighted by Crippen LogP contribution is -2.30. The Morgan fingerprint density at radius 2 is 2.00 bits per heavy atom. The molecule has 0 aliphatic heterocycles. The number of pyridine rings is 2. The number of rotatable bonds is 6. The molecule has 4 heterocycles. The maximum Gasteiger partial charge on any atom is 0.320 e. The average molecular weight is 435 g/mol. The third kappa shape index (κ3) is 4.85. The Labute approximate surface area is 185 Å². The fraction of sp³-hybridized carbons (Fsp3) is 0.318. The molecule has 32 heavy (non-hydrogen) atoms. The zero-order valence-electron chi connectivity index (χ0n) is 18.4. The molecular formula is C22H25N7O3. The molecule has 0 saturated heterocycles. The van der Waals surface area contributed by atoms with Crippen LogP contribution in [0, 0.1) is 0 Å². The molecule has 0 atom stereocenters. The Bertz CT molecular complexity index is 1240. The molecule has 10 nitrogen and oxygen atoms in total. The third-order valence-electron chi connectivity index (χ3n) is 4.72. The van der Waals surface area contributed by atoms with Crippen molar-refractivity contribution in [3.05, 3.63) is 54.7 Å². The molecule has 2 amide bonds. The van der Waals surface area contributed by atoms with Gasteiger partial charge in [-0.05, 0) is 18.2 Å². The summed E-state index contributed by atoms with van der Waals surface area (Å²) in [5, 5.41) is 9.48. The van der Waals surface area contributed by atoms with E-state index in [2.05, 4.69) is 30.7 Å². The van der Waals surface area contributed by atoms with Crippen molar-refractivity contribution in [3.63, 3.8) is 0 Å². The van der Waals surface area contributed by atoms with Crippen molar-refractivity contribution < 1.29 is 14.1 Å². The van der Waals surface area contributed by atoms with Crippen molar-refractivity contribution in [1.29, 1.82) is 0 Å². The van der Waals surface area contributed by atoms with Crippen molar-refractivity contribution in [2.24, 2.45) is 0 Å². The molecule has 0 aromatic carbocycles. The fourth-order valence-corrected chi connectivity index (χ4v) is 3.02. The number of urea groups is 1. The molecule has 4 aromatic heterocycles. The molecular weight excluding hydrogens is 410 g/mol. The van der Waals surface area contributed by atoms with Crippen molar-refractivity contribution >= 4 is 17.5 Å². The van der Waals surface area contributed by atoms with Gasteiger partial charge < -0.3 is 19.0 Å². The van der Waals surface area contributed by atoms with Gasteiger partial charge in [-0.1, -0.05) is 25.9 Å². The second-order valence-electron chi connectivity index (χ2n) is 8.32. The van der Waals surface area contributed by atoms with Gasteiger partial charge in [-0.25, -0.2) is 9.78 Å². The topological polar surface area (TPSA) is 119 Å². The number of amides is 2. The van der Waals surface area contributed by atoms with Crippen LogP contribution in [0.3, 0.4) is 0 Å². The number of fused-ring (bicyclic) bond motifs is 1. The molecule has 4 aromatic rings. The minimum atomic E-state index is -0.356. The first-order chi connectivity index (χ1) is 15.3. The molecule has 0 unspecified atom stereocenters. The second kappa shape index (κ2) is 8.66. The van der Waals surface area contributed by atoms with E-state index in [0.717, 1.165) is 11.1 Å². The van der Waals surface area contributed by atoms with Gasteiger partial charge in [-0.3, -0.25) is 10.3 Å². The van der Waals surface area contributed by atoms with Gasteiger partial charge in [0.1, 0.15) is 11.4 Å². The third-order valence-corrected chi connectivity index (χ3v) is 4.72. The summed E-state index contributed by atoms with van der Waals surface area (Å²) in [5.41, 5.74) is 2.37. The van der Waals surface area contributed by atoms with Crippen LogP contribution in [0.4, 0.5) is 10.6 Å². The first-order valence-corrected chi connectivity index (χ1v) is 10.2. The number of aromatic nitrogens is 5. The Morgan fingerprint density at radius 1 is 1.16 bits per heavy atom. The van der Waals surface area contributed by atoms with Gasteiger partial charge in [0.25, 0.3) is 0 Å². The minimum absolute atomic E-state index is 0.206. The first-order valence-electron chi connectivity index (χ1n) is 10.2. The smallest absolute Gasteiger partial charge is 0.320 e. The van der Waals surface area contributed by atoms with Gasteiger partial charge in [0.15, 0.2) is 11.6 Å². The van der Waals surface area contributed by atoms with Gasteiger partial charge >= 0.3 is 6.03 Å². The van der Waals surface area contributed by atoms with E-state index in [1.807, 2.05) is 49.6 Å². The van der Waals surface area contributed by atoms with Crippen LogP contribution >= 0.6 is 0 Å². The largest absolute Gasteiger partial charge is 0.495 e. The van der Waals surface area contributed by atoms with E-state index >= 15 is 0 Å². The van der Waals surface area contributed by atoms with E-state index in [-0.39, 0.29) is 11.4 Å². The SMILES string of the molecule is COc1cncc(-c2ccc3nc(NC(=O)NCCc4noc(C(C)(C)C)n4)cn3c2)c1. The van der Waals surface area contributed by atoms with E-state index in [1.54, 1.807) is 25.7 Å². The molecule has 0 spiro atoms. The summed E-state index contributed by atoms with van der Waals surface area (Å²) in [6.07, 6.45) is 7.56. The summed E-state index contributed by atoms with van der Waals surface area (Å²) >= 11 is 0. The molecule has 0 aliphatic rings. The highest BCUT2D eigenvalue weighted by atomic mass is 16.5. The number of nitrogens with zero attached hydrogens (tertiary/aromatic N) is 5. The standard InChI is InChI=1S/C22H25N7O3/c1-22(2,3)20-26-17(28-32-20)7-8-24-21(30)27-18-13-29-12-14(5-6-19(29)25-18)15-9-16(31-4)11-23-10-15/h5-6,9-13H,7-8H2,1-4H3,(H2,24,27,30). The summed E-state index contributed by atoms with van der Waals surface area (Å²) in [7, 11) is 1.61. The zero-order chi connectivity index (χ0) is 22.7. The highest BCUT2D eigenvalue weighted by molar-refractivity contribution is 5.88. The van der Waals surface area contributed by atoms with Gasteiger partial charge in [-0.15, -0.1) is 0 Å². The molecule has 0 bridgehead atoms. The number of carbonyl (C=O) groups is 1. The van der Waals surface area contributed by atoms with E-state index < -0.39 is 0 Å². The Balaban J connectivity index is 1.36. The van der Waals surface area contributed by atoms with Crippen molar-refractivity contribution in [2.45, 2.75) is 32.6 Å². The van der Waals surface area contributed by atoms with E-state index in [1.165, 1.54) is 0 Å². The molecule has 10 heteroatoms. The Hall–Kier alpha value is -3.95. The first kappa shape index (κ1) is 21.3. The lowest BCUT2D eigenvalue weighted by Gasteiger charge is -2.10. The van der Waals surface area contributed by atoms with Crippen LogP contribution in [0.15, 0.2) is 47.5 Å². The van der Waals surface area contributed by atoms with Gasteiger partial charge in [0, 0.05) is 41.9 Å². The quantitative estimate of drug-likeness (QED) is 0.476. The van der Waals surface area contributed by atoms with E-state index in [4.69, 9.17) is 9.26 Å². The Morgan fingerprint density at radius 3 is 2.75 bits per heavy atom. The van der Waals surface area contributed by atoms with Crippen LogP contribution in [0.5, 0.6) is 5.75 Å². The van der Waals surface area contributed by atoms with Crippen LogP contribution in [-0.2, 0) is 11.8 Å². The maximum absolute atomic E-state index is 12.2. The summed E-state index contributed by atoms with van der Waals surface area (Å²) < 4.78 is 12.3. The summed E-state index contributed by atoms with van der Waals surface area (Å²) in [5.74, 6) is 2.26. The predicted octanol–water partition coefficient (Wildman–Crippen LogP) is 3.45. The number of carbonyl (C=O) groups excluding carboxylic acids is 1. The molecule has 4 rings (SSSR count). The molecule has 0 radical (unpaired) electrons. The Kier molecular flexibility index (Phi) is 5.76. The molecule has 2 N–H and O–H groups in total. The normalized spacial score (nSPS) is 11.5. The lowest BCUT2D eigenvalue weighted by atomic mass is 9.97. The highest BCUT2D eigenvalue weighted by Crippen LogP contribution is 2.24. The number of hydrogen-bond donors (Lipinski definition) is 2. The van der Waals surface area contributed by atoms with Crippen LogP contribution in [0.2, 0.25) is 0 Å². The van der Waals surface area contributed by atoms with E-state index in [9.17, 15) is 4.79 Å². The van der Waals surface area contributed by atoms with Crippen LogP contribution in [0.1, 0.15) is 32.5 Å². The zero-order valence-corrected chi connectivity index (χ0v) is 18.4. The molecule has 0 saturated carbocycles. The summed E-state index contributed by atoms with van der Waals surface area (Å²) in [6.45, 7) is 6.37. The predicted molar refractivity (Wildman–Crippen MR) is 119 cm³/mol. The van der Waals surface area contributed by atoms with Crippen LogP contribution in [-0.4, -0.2) is 44.2 Å². The summed E-state index contributed by atoms with van der Waals surface area (Å²) in [6, 6.07) is 5.37. The van der Waals surface area contributed by atoms with Crippen LogP contribution < -0.4 is 15.4 Å². The minimum Gasteiger partial charge on any atom is -0.495 e. The monoisotopic (exact) mass is 435 g/mol. The van der Waals surface area contributed by atoms with Gasteiger partial charge in [-0.2, -0.15) is 4.98 Å². The molecule has 0 aliphatic carbocycles. The van der Waals surface area contributed by atoms with E-state index in [0.29, 0.717) is 41.9 Å².